The topological polar surface area (TPSA) is 35.8 Å². The number of alkyl halides is 3. The van der Waals surface area contributed by atoms with Crippen molar-refractivity contribution in [2.75, 3.05) is 5.32 Å². The van der Waals surface area contributed by atoms with Gasteiger partial charge in [-0.1, -0.05) is 12.1 Å². The fourth-order valence-electron chi connectivity index (χ4n) is 0.994. The van der Waals surface area contributed by atoms with E-state index in [-0.39, 0.29) is 5.69 Å². The molecule has 0 aliphatic heterocycles. The van der Waals surface area contributed by atoms with Crippen LogP contribution in [0.3, 0.4) is 0 Å². The first-order valence-electron chi connectivity index (χ1n) is 4.31. The Kier molecular flexibility index (Phi) is 3.48. The SMILES string of the molecule is CC(C#N)(Nc1ccccc1Br)C(F)(F)F. The Hall–Kier alpha value is -1.22. The summed E-state index contributed by atoms with van der Waals surface area (Å²) in [7, 11) is 0. The molecule has 1 rings (SSSR count). The van der Waals surface area contributed by atoms with Crippen molar-refractivity contribution in [1.29, 1.82) is 5.26 Å². The van der Waals surface area contributed by atoms with Crippen molar-refractivity contribution in [3.8, 4) is 6.07 Å². The lowest BCUT2D eigenvalue weighted by molar-refractivity contribution is -0.158. The van der Waals surface area contributed by atoms with Gasteiger partial charge < -0.3 is 5.32 Å². The predicted molar refractivity (Wildman–Crippen MR) is 57.8 cm³/mol. The number of para-hydroxylation sites is 1. The van der Waals surface area contributed by atoms with E-state index in [4.69, 9.17) is 5.26 Å². The molecule has 0 aliphatic rings. The Morgan fingerprint density at radius 1 is 1.31 bits per heavy atom. The summed E-state index contributed by atoms with van der Waals surface area (Å²) in [4.78, 5) is 0. The van der Waals surface area contributed by atoms with Gasteiger partial charge in [-0.15, -0.1) is 0 Å². The Bertz CT molecular complexity index is 425. The van der Waals surface area contributed by atoms with Crippen molar-refractivity contribution in [1.82, 2.24) is 0 Å². The van der Waals surface area contributed by atoms with Crippen LogP contribution < -0.4 is 5.32 Å². The van der Waals surface area contributed by atoms with E-state index in [9.17, 15) is 13.2 Å². The van der Waals surface area contributed by atoms with E-state index in [2.05, 4.69) is 21.2 Å². The molecular formula is C10H8BrF3N2. The fraction of sp³-hybridized carbons (Fsp3) is 0.300. The molecule has 1 N–H and O–H groups in total. The minimum atomic E-state index is -4.64. The van der Waals surface area contributed by atoms with Crippen LogP contribution >= 0.6 is 15.9 Å². The maximum Gasteiger partial charge on any atom is 0.424 e. The van der Waals surface area contributed by atoms with Crippen LogP contribution in [-0.2, 0) is 0 Å². The maximum atomic E-state index is 12.6. The molecule has 0 aliphatic carbocycles. The number of nitrogens with one attached hydrogen (secondary N) is 1. The second-order valence-electron chi connectivity index (χ2n) is 3.34. The number of hydrogen-bond donors (Lipinski definition) is 1. The van der Waals surface area contributed by atoms with Gasteiger partial charge in [0.25, 0.3) is 0 Å². The van der Waals surface area contributed by atoms with E-state index in [0.29, 0.717) is 4.47 Å². The standard InChI is InChI=1S/C10H8BrF3N2/c1-9(6-15,10(12,13)14)16-8-5-3-2-4-7(8)11/h2-5,16H,1H3. The molecule has 0 radical (unpaired) electrons. The highest BCUT2D eigenvalue weighted by atomic mass is 79.9. The summed E-state index contributed by atoms with van der Waals surface area (Å²) in [6, 6.07) is 7.55. The molecule has 86 valence electrons. The lowest BCUT2D eigenvalue weighted by Crippen LogP contribution is -2.48. The highest BCUT2D eigenvalue weighted by Gasteiger charge is 2.52. The quantitative estimate of drug-likeness (QED) is 0.902. The van der Waals surface area contributed by atoms with Gasteiger partial charge in [0.1, 0.15) is 6.07 Å². The molecule has 0 heterocycles. The number of rotatable bonds is 2. The molecule has 0 amide bonds. The number of nitrogens with zero attached hydrogens (tertiary/aromatic N) is 1. The van der Waals surface area contributed by atoms with Gasteiger partial charge >= 0.3 is 6.18 Å². The van der Waals surface area contributed by atoms with Crippen LogP contribution in [0, 0.1) is 11.3 Å². The Morgan fingerprint density at radius 3 is 2.31 bits per heavy atom. The molecule has 1 aromatic rings. The van der Waals surface area contributed by atoms with E-state index >= 15 is 0 Å². The van der Waals surface area contributed by atoms with Crippen LogP contribution in [0.1, 0.15) is 6.92 Å². The average molecular weight is 293 g/mol. The Labute approximate surface area is 99.2 Å². The summed E-state index contributed by atoms with van der Waals surface area (Å²) in [5.74, 6) is 0. The summed E-state index contributed by atoms with van der Waals surface area (Å²) >= 11 is 3.11. The second kappa shape index (κ2) is 4.34. The third kappa shape index (κ3) is 2.47. The predicted octanol–water partition coefficient (Wildman–Crippen LogP) is 3.71. The molecule has 16 heavy (non-hydrogen) atoms. The Balaban J connectivity index is 3.05. The zero-order valence-corrected chi connectivity index (χ0v) is 9.85. The highest BCUT2D eigenvalue weighted by Crippen LogP contribution is 2.34. The minimum absolute atomic E-state index is 0.226. The summed E-state index contributed by atoms with van der Waals surface area (Å²) < 4.78 is 38.3. The first-order chi connectivity index (χ1) is 7.30. The van der Waals surface area contributed by atoms with Crippen LogP contribution in [-0.4, -0.2) is 11.7 Å². The van der Waals surface area contributed by atoms with E-state index in [1.165, 1.54) is 12.1 Å². The number of anilines is 1. The number of benzene rings is 1. The Morgan fingerprint density at radius 2 is 1.88 bits per heavy atom. The van der Waals surface area contributed by atoms with Crippen molar-refractivity contribution >= 4 is 21.6 Å². The third-order valence-electron chi connectivity index (χ3n) is 2.05. The number of hydrogen-bond acceptors (Lipinski definition) is 2. The largest absolute Gasteiger partial charge is 0.424 e. The molecule has 1 atom stereocenters. The smallest absolute Gasteiger partial charge is 0.359 e. The normalized spacial score (nSPS) is 15.0. The van der Waals surface area contributed by atoms with Crippen molar-refractivity contribution in [2.45, 2.75) is 18.6 Å². The van der Waals surface area contributed by atoms with Crippen LogP contribution in [0.5, 0.6) is 0 Å². The lowest BCUT2D eigenvalue weighted by Gasteiger charge is -2.27. The molecule has 6 heteroatoms. The zero-order chi connectivity index (χ0) is 12.4. The van der Waals surface area contributed by atoms with Gasteiger partial charge in [0.05, 0.1) is 0 Å². The first-order valence-corrected chi connectivity index (χ1v) is 5.10. The van der Waals surface area contributed by atoms with Crippen LogP contribution in [0.25, 0.3) is 0 Å². The number of nitriles is 1. The molecular weight excluding hydrogens is 285 g/mol. The van der Waals surface area contributed by atoms with Gasteiger partial charge in [-0.05, 0) is 35.0 Å². The molecule has 0 saturated heterocycles. The van der Waals surface area contributed by atoms with Gasteiger partial charge in [0.15, 0.2) is 0 Å². The third-order valence-corrected chi connectivity index (χ3v) is 2.74. The lowest BCUT2D eigenvalue weighted by atomic mass is 10.0. The fourth-order valence-corrected chi connectivity index (χ4v) is 1.38. The van der Waals surface area contributed by atoms with Crippen molar-refractivity contribution in [2.24, 2.45) is 0 Å². The zero-order valence-electron chi connectivity index (χ0n) is 8.27. The molecule has 0 fully saturated rings. The van der Waals surface area contributed by atoms with Gasteiger partial charge in [0, 0.05) is 10.2 Å². The molecule has 0 bridgehead atoms. The summed E-state index contributed by atoms with van der Waals surface area (Å²) in [5, 5.41) is 10.8. The molecule has 1 aromatic carbocycles. The van der Waals surface area contributed by atoms with E-state index in [1.807, 2.05) is 0 Å². The maximum absolute atomic E-state index is 12.6. The molecule has 2 nitrogen and oxygen atoms in total. The van der Waals surface area contributed by atoms with E-state index < -0.39 is 11.7 Å². The molecule has 0 aromatic heterocycles. The van der Waals surface area contributed by atoms with Crippen LogP contribution in [0.4, 0.5) is 18.9 Å². The van der Waals surface area contributed by atoms with E-state index in [1.54, 1.807) is 18.2 Å². The molecule has 0 spiro atoms. The van der Waals surface area contributed by atoms with Gasteiger partial charge in [-0.3, -0.25) is 0 Å². The minimum Gasteiger partial charge on any atom is -0.359 e. The first kappa shape index (κ1) is 12.8. The van der Waals surface area contributed by atoms with Crippen LogP contribution in [0.2, 0.25) is 0 Å². The summed E-state index contributed by atoms with van der Waals surface area (Å²) in [6.45, 7) is 0.798. The van der Waals surface area contributed by atoms with Crippen LogP contribution in [0.15, 0.2) is 28.7 Å². The summed E-state index contributed by atoms with van der Waals surface area (Å²) in [6.07, 6.45) is -4.64. The molecule has 1 unspecified atom stereocenters. The monoisotopic (exact) mass is 292 g/mol. The van der Waals surface area contributed by atoms with Gasteiger partial charge in [-0.25, -0.2) is 0 Å². The average Bonchev–Trinajstić information content (AvgIpc) is 2.19. The van der Waals surface area contributed by atoms with Crippen molar-refractivity contribution in [3.63, 3.8) is 0 Å². The number of halogens is 4. The highest BCUT2D eigenvalue weighted by molar-refractivity contribution is 9.10. The van der Waals surface area contributed by atoms with Gasteiger partial charge in [0.2, 0.25) is 5.54 Å². The van der Waals surface area contributed by atoms with Crippen molar-refractivity contribution in [3.05, 3.63) is 28.7 Å². The second-order valence-corrected chi connectivity index (χ2v) is 4.19. The van der Waals surface area contributed by atoms with Crippen molar-refractivity contribution < 1.29 is 13.2 Å². The van der Waals surface area contributed by atoms with E-state index in [0.717, 1.165) is 6.92 Å². The molecule has 0 saturated carbocycles. The summed E-state index contributed by atoms with van der Waals surface area (Å²) in [5.41, 5.74) is -2.37. The van der Waals surface area contributed by atoms with Gasteiger partial charge in [-0.2, -0.15) is 18.4 Å².